The van der Waals surface area contributed by atoms with Crippen LogP contribution < -0.4 is 15.8 Å². The average Bonchev–Trinajstić information content (AvgIpc) is 2.39. The van der Waals surface area contributed by atoms with Crippen LogP contribution in [0, 0.1) is 0 Å². The van der Waals surface area contributed by atoms with Crippen molar-refractivity contribution in [3.05, 3.63) is 18.2 Å². The van der Waals surface area contributed by atoms with Gasteiger partial charge in [0.1, 0.15) is 5.75 Å². The molecule has 0 aromatic heterocycles. The Morgan fingerprint density at radius 3 is 2.81 bits per heavy atom. The van der Waals surface area contributed by atoms with E-state index in [0.717, 1.165) is 19.0 Å². The highest BCUT2D eigenvalue weighted by atomic mass is 16.5. The summed E-state index contributed by atoms with van der Waals surface area (Å²) in [6.45, 7) is 0.968. The number of nitrogen functional groups attached to an aromatic ring is 1. The number of carbonyl (C=O) groups excluding carboxylic acids is 1. The number of nitrogens with zero attached hydrogens (tertiary/aromatic N) is 1. The first-order valence-corrected chi connectivity index (χ1v) is 7.53. The van der Waals surface area contributed by atoms with Gasteiger partial charge in [-0.3, -0.25) is 4.79 Å². The molecule has 5 nitrogen and oxygen atoms in total. The van der Waals surface area contributed by atoms with Gasteiger partial charge in [-0.2, -0.15) is 0 Å². The molecule has 1 fully saturated rings. The number of carbonyl (C=O) groups is 1. The van der Waals surface area contributed by atoms with Crippen molar-refractivity contribution in [2.75, 3.05) is 31.8 Å². The first kappa shape index (κ1) is 15.6. The van der Waals surface area contributed by atoms with Crippen molar-refractivity contribution in [1.29, 1.82) is 0 Å². The van der Waals surface area contributed by atoms with Gasteiger partial charge in [-0.05, 0) is 45.0 Å². The van der Waals surface area contributed by atoms with Crippen LogP contribution in [0.1, 0.15) is 32.1 Å². The Bertz CT molecular complexity index is 486. The lowest BCUT2D eigenvalue weighted by atomic mass is 9.92. The normalized spacial score (nSPS) is 14.8. The average molecular weight is 291 g/mol. The molecule has 0 unspecified atom stereocenters. The van der Waals surface area contributed by atoms with E-state index in [2.05, 4.69) is 17.3 Å². The number of hydrogen-bond acceptors (Lipinski definition) is 4. The number of anilines is 2. The maximum atomic E-state index is 11.9. The van der Waals surface area contributed by atoms with Gasteiger partial charge in [0, 0.05) is 18.5 Å². The van der Waals surface area contributed by atoms with E-state index in [0.29, 0.717) is 23.5 Å². The second kappa shape index (κ2) is 7.31. The minimum atomic E-state index is 0.00822. The van der Waals surface area contributed by atoms with E-state index in [4.69, 9.17) is 10.5 Å². The van der Waals surface area contributed by atoms with Crippen molar-refractivity contribution in [1.82, 2.24) is 4.90 Å². The number of benzene rings is 1. The minimum Gasteiger partial charge on any atom is -0.497 e. The number of amides is 1. The summed E-state index contributed by atoms with van der Waals surface area (Å²) < 4.78 is 5.09. The predicted molar refractivity (Wildman–Crippen MR) is 85.5 cm³/mol. The fourth-order valence-corrected chi connectivity index (χ4v) is 2.49. The van der Waals surface area contributed by atoms with E-state index in [1.54, 1.807) is 25.3 Å². The van der Waals surface area contributed by atoms with Crippen LogP contribution in [0.2, 0.25) is 0 Å². The van der Waals surface area contributed by atoms with Crippen LogP contribution in [-0.4, -0.2) is 37.6 Å². The van der Waals surface area contributed by atoms with Crippen molar-refractivity contribution >= 4 is 17.3 Å². The van der Waals surface area contributed by atoms with E-state index in [1.165, 1.54) is 19.3 Å². The fraction of sp³-hybridized carbons (Fsp3) is 0.562. The van der Waals surface area contributed by atoms with E-state index in [-0.39, 0.29) is 5.91 Å². The zero-order chi connectivity index (χ0) is 15.2. The third-order valence-corrected chi connectivity index (χ3v) is 4.15. The summed E-state index contributed by atoms with van der Waals surface area (Å²) in [5.74, 6) is 0.696. The van der Waals surface area contributed by atoms with Gasteiger partial charge in [0.05, 0.1) is 18.5 Å². The molecule has 0 atom stereocenters. The standard InChI is InChI=1S/C16H25N3O2/c1-19(12-5-3-6-12)10-4-7-16(20)18-15-9-8-13(21-2)11-14(15)17/h8-9,11-12H,3-7,10,17H2,1-2H3,(H,18,20). The van der Waals surface area contributed by atoms with Gasteiger partial charge in [0.15, 0.2) is 0 Å². The summed E-state index contributed by atoms with van der Waals surface area (Å²) in [6.07, 6.45) is 5.32. The highest BCUT2D eigenvalue weighted by molar-refractivity contribution is 5.93. The molecule has 1 aromatic rings. The van der Waals surface area contributed by atoms with Gasteiger partial charge in [0.2, 0.25) is 5.91 Å². The van der Waals surface area contributed by atoms with Crippen LogP contribution in [-0.2, 0) is 4.79 Å². The number of ether oxygens (including phenoxy) is 1. The molecule has 21 heavy (non-hydrogen) atoms. The van der Waals surface area contributed by atoms with Gasteiger partial charge >= 0.3 is 0 Å². The Morgan fingerprint density at radius 2 is 2.24 bits per heavy atom. The zero-order valence-electron chi connectivity index (χ0n) is 12.9. The summed E-state index contributed by atoms with van der Waals surface area (Å²) in [6, 6.07) is 5.99. The van der Waals surface area contributed by atoms with Crippen LogP contribution in [0.25, 0.3) is 0 Å². The highest BCUT2D eigenvalue weighted by Gasteiger charge is 2.21. The SMILES string of the molecule is COc1ccc(NC(=O)CCCN(C)C2CCC2)c(N)c1. The molecule has 116 valence electrons. The molecular weight excluding hydrogens is 266 g/mol. The largest absolute Gasteiger partial charge is 0.497 e. The van der Waals surface area contributed by atoms with Crippen molar-refractivity contribution in [3.63, 3.8) is 0 Å². The number of methoxy groups -OCH3 is 1. The van der Waals surface area contributed by atoms with Crippen molar-refractivity contribution in [2.45, 2.75) is 38.1 Å². The van der Waals surface area contributed by atoms with Crippen molar-refractivity contribution in [3.8, 4) is 5.75 Å². The molecule has 0 aliphatic heterocycles. The van der Waals surface area contributed by atoms with E-state index < -0.39 is 0 Å². The summed E-state index contributed by atoms with van der Waals surface area (Å²) in [4.78, 5) is 14.3. The first-order valence-electron chi connectivity index (χ1n) is 7.53. The van der Waals surface area contributed by atoms with Gasteiger partial charge in [-0.15, -0.1) is 0 Å². The van der Waals surface area contributed by atoms with E-state index in [1.807, 2.05) is 0 Å². The molecule has 0 heterocycles. The Morgan fingerprint density at radius 1 is 1.48 bits per heavy atom. The molecule has 1 aromatic carbocycles. The van der Waals surface area contributed by atoms with Gasteiger partial charge in [-0.1, -0.05) is 6.42 Å². The Hall–Kier alpha value is -1.75. The van der Waals surface area contributed by atoms with Gasteiger partial charge in [-0.25, -0.2) is 0 Å². The fourth-order valence-electron chi connectivity index (χ4n) is 2.49. The van der Waals surface area contributed by atoms with Crippen LogP contribution in [0.3, 0.4) is 0 Å². The summed E-state index contributed by atoms with van der Waals surface area (Å²) in [5, 5.41) is 2.85. The monoisotopic (exact) mass is 291 g/mol. The molecule has 1 aliphatic carbocycles. The molecule has 0 saturated heterocycles. The van der Waals surface area contributed by atoms with E-state index in [9.17, 15) is 4.79 Å². The maximum Gasteiger partial charge on any atom is 0.224 e. The molecule has 1 aliphatic rings. The second-order valence-corrected chi connectivity index (χ2v) is 5.67. The number of nitrogens with one attached hydrogen (secondary N) is 1. The molecule has 1 saturated carbocycles. The molecule has 0 radical (unpaired) electrons. The first-order chi connectivity index (χ1) is 10.1. The van der Waals surface area contributed by atoms with Gasteiger partial charge in [0.25, 0.3) is 0 Å². The third-order valence-electron chi connectivity index (χ3n) is 4.15. The molecule has 0 spiro atoms. The smallest absolute Gasteiger partial charge is 0.224 e. The lowest BCUT2D eigenvalue weighted by molar-refractivity contribution is -0.116. The minimum absolute atomic E-state index is 0.00822. The summed E-state index contributed by atoms with van der Waals surface area (Å²) >= 11 is 0. The summed E-state index contributed by atoms with van der Waals surface area (Å²) in [5.41, 5.74) is 7.05. The van der Waals surface area contributed by atoms with Crippen molar-refractivity contribution in [2.24, 2.45) is 0 Å². The predicted octanol–water partition coefficient (Wildman–Crippen LogP) is 2.48. The topological polar surface area (TPSA) is 67.6 Å². The van der Waals surface area contributed by atoms with Crippen LogP contribution in [0.5, 0.6) is 5.75 Å². The number of hydrogen-bond donors (Lipinski definition) is 2. The maximum absolute atomic E-state index is 11.9. The highest BCUT2D eigenvalue weighted by Crippen LogP contribution is 2.25. The molecule has 3 N–H and O–H groups in total. The number of rotatable bonds is 7. The molecule has 5 heteroatoms. The molecule has 1 amide bonds. The molecule has 2 rings (SSSR count). The Kier molecular flexibility index (Phi) is 5.44. The summed E-state index contributed by atoms with van der Waals surface area (Å²) in [7, 11) is 3.73. The van der Waals surface area contributed by atoms with Crippen LogP contribution in [0.15, 0.2) is 18.2 Å². The second-order valence-electron chi connectivity index (χ2n) is 5.67. The Labute approximate surface area is 126 Å². The number of nitrogens with two attached hydrogens (primary N) is 1. The van der Waals surface area contributed by atoms with Crippen molar-refractivity contribution < 1.29 is 9.53 Å². The quantitative estimate of drug-likeness (QED) is 0.757. The van der Waals surface area contributed by atoms with Crippen LogP contribution >= 0.6 is 0 Å². The molecular formula is C16H25N3O2. The van der Waals surface area contributed by atoms with E-state index >= 15 is 0 Å². The lowest BCUT2D eigenvalue weighted by Crippen LogP contribution is -2.37. The van der Waals surface area contributed by atoms with Crippen LogP contribution in [0.4, 0.5) is 11.4 Å². The Balaban J connectivity index is 1.73. The third kappa shape index (κ3) is 4.36. The molecule has 0 bridgehead atoms. The zero-order valence-corrected chi connectivity index (χ0v) is 12.9. The lowest BCUT2D eigenvalue weighted by Gasteiger charge is -2.34. The van der Waals surface area contributed by atoms with Gasteiger partial charge < -0.3 is 20.7 Å².